The maximum atomic E-state index is 15.1. The number of amides is 2. The molecule has 0 radical (unpaired) electrons. The number of carbonyl (C=O) groups excluding carboxylic acids is 2. The number of benzene rings is 2. The molecule has 0 heterocycles. The molecule has 0 aliphatic heterocycles. The molecule has 4 nitrogen and oxygen atoms in total. The van der Waals surface area contributed by atoms with Crippen LogP contribution in [0, 0.1) is 0 Å². The van der Waals surface area contributed by atoms with Crippen molar-refractivity contribution in [2.45, 2.75) is 31.1 Å². The molecule has 14 heteroatoms. The summed E-state index contributed by atoms with van der Waals surface area (Å²) >= 11 is 17.4. The van der Waals surface area contributed by atoms with E-state index in [1.165, 1.54) is 0 Å². The predicted octanol–water partition coefficient (Wildman–Crippen LogP) is 7.18. The van der Waals surface area contributed by atoms with Gasteiger partial charge in [0.05, 0.1) is 21.0 Å². The number of nitrogens with two attached hydrogens (primary N) is 1. The first kappa shape index (κ1) is 29.7. The molecule has 2 rings (SSSR count). The van der Waals surface area contributed by atoms with Gasteiger partial charge >= 0.3 is 12.4 Å². The van der Waals surface area contributed by atoms with Crippen LogP contribution in [0.1, 0.15) is 45.8 Å². The number of rotatable bonds is 7. The van der Waals surface area contributed by atoms with Gasteiger partial charge in [0.25, 0.3) is 0 Å². The fourth-order valence-electron chi connectivity index (χ4n) is 3.15. The molecule has 2 aromatic rings. The third-order valence-corrected chi connectivity index (χ3v) is 6.14. The van der Waals surface area contributed by atoms with Crippen molar-refractivity contribution >= 4 is 52.4 Å². The van der Waals surface area contributed by atoms with E-state index in [2.05, 4.69) is 0 Å². The highest BCUT2D eigenvalue weighted by molar-refractivity contribution is 6.48. The smallest absolute Gasteiger partial charge is 0.366 e. The third-order valence-electron chi connectivity index (χ3n) is 4.95. The summed E-state index contributed by atoms with van der Waals surface area (Å²) in [5.74, 6) is -7.64. The molecule has 0 fully saturated rings. The molecule has 0 saturated carbocycles. The highest BCUT2D eigenvalue weighted by Gasteiger charge is 2.40. The van der Waals surface area contributed by atoms with Crippen molar-refractivity contribution in [3.8, 4) is 0 Å². The molecule has 36 heavy (non-hydrogen) atoms. The van der Waals surface area contributed by atoms with Crippen molar-refractivity contribution in [3.63, 3.8) is 0 Å². The van der Waals surface area contributed by atoms with E-state index in [9.17, 15) is 35.9 Å². The molecule has 196 valence electrons. The lowest BCUT2D eigenvalue weighted by Gasteiger charge is -2.19. The minimum absolute atomic E-state index is 0.197. The van der Waals surface area contributed by atoms with E-state index in [4.69, 9.17) is 40.5 Å². The maximum absolute atomic E-state index is 15.1. The average Bonchev–Trinajstić information content (AvgIpc) is 2.76. The van der Waals surface area contributed by atoms with Crippen LogP contribution in [0.25, 0.3) is 5.83 Å². The second kappa shape index (κ2) is 11.3. The van der Waals surface area contributed by atoms with E-state index in [0.717, 1.165) is 37.3 Å². The van der Waals surface area contributed by atoms with Crippen LogP contribution in [-0.2, 0) is 4.79 Å². The molecule has 3 N–H and O–H groups in total. The molecule has 0 aliphatic rings. The number of allylic oxidation sites excluding steroid dienone is 1. The van der Waals surface area contributed by atoms with E-state index in [0.29, 0.717) is 0 Å². The summed E-state index contributed by atoms with van der Waals surface area (Å²) in [6.45, 7) is -0.551. The molecule has 0 bridgehead atoms. The highest BCUT2D eigenvalue weighted by atomic mass is 35.5. The van der Waals surface area contributed by atoms with Gasteiger partial charge < -0.3 is 11.1 Å². The first-order valence-electron chi connectivity index (χ1n) is 9.79. The Bertz CT molecular complexity index is 1170. The molecule has 2 atom stereocenters. The molecular formula is C22H16Cl3F7N2O2. The second-order valence-electron chi connectivity index (χ2n) is 7.55. The second-order valence-corrected chi connectivity index (χ2v) is 8.75. The summed E-state index contributed by atoms with van der Waals surface area (Å²) in [6, 6.07) is 4.48. The van der Waals surface area contributed by atoms with Crippen molar-refractivity contribution in [2.24, 2.45) is 5.73 Å². The van der Waals surface area contributed by atoms with Gasteiger partial charge in [-0.1, -0.05) is 40.9 Å². The van der Waals surface area contributed by atoms with Crippen LogP contribution in [0.2, 0.25) is 15.1 Å². The van der Waals surface area contributed by atoms with Crippen LogP contribution >= 0.6 is 34.8 Å². The van der Waals surface area contributed by atoms with Gasteiger partial charge in [0, 0.05) is 11.1 Å². The average molecular weight is 580 g/mol. The molecule has 2 aromatic carbocycles. The Hall–Kier alpha value is -2.50. The number of hydrogen-bond donors (Lipinski definition) is 2. The Morgan fingerprint density at radius 2 is 1.58 bits per heavy atom. The Balaban J connectivity index is 2.54. The van der Waals surface area contributed by atoms with Gasteiger partial charge in [0.15, 0.2) is 0 Å². The number of halogens is 10. The first-order chi connectivity index (χ1) is 16.4. The summed E-state index contributed by atoms with van der Waals surface area (Å²) in [5, 5.41) is 0.824. The summed E-state index contributed by atoms with van der Waals surface area (Å²) in [6.07, 6.45) is -9.51. The topological polar surface area (TPSA) is 72.2 Å². The minimum Gasteiger partial charge on any atom is -0.366 e. The fourth-order valence-corrected chi connectivity index (χ4v) is 3.77. The normalized spacial score (nSPS) is 14.4. The van der Waals surface area contributed by atoms with Gasteiger partial charge in [0.2, 0.25) is 11.8 Å². The Kier molecular flexibility index (Phi) is 9.30. The lowest BCUT2D eigenvalue weighted by atomic mass is 9.91. The lowest BCUT2D eigenvalue weighted by molar-refractivity contribution is -0.139. The fraction of sp³-hybridized carbons (Fsp3) is 0.273. The number of primary amides is 1. The summed E-state index contributed by atoms with van der Waals surface area (Å²) in [4.78, 5) is 23.9. The van der Waals surface area contributed by atoms with Crippen LogP contribution in [-0.4, -0.2) is 30.7 Å². The third kappa shape index (κ3) is 7.50. The molecule has 0 aromatic heterocycles. The Labute approximate surface area is 215 Å². The van der Waals surface area contributed by atoms with E-state index in [1.54, 1.807) is 5.32 Å². The highest BCUT2D eigenvalue weighted by Crippen LogP contribution is 2.42. The molecule has 1 unspecified atom stereocenters. The molecule has 0 spiro atoms. The van der Waals surface area contributed by atoms with Crippen LogP contribution < -0.4 is 11.1 Å². The molecule has 0 aliphatic carbocycles. The van der Waals surface area contributed by atoms with Gasteiger partial charge in [0.1, 0.15) is 18.3 Å². The molecule has 2 amide bonds. The zero-order chi connectivity index (χ0) is 27.6. The Morgan fingerprint density at radius 3 is 2.06 bits per heavy atom. The molecular weight excluding hydrogens is 564 g/mol. The van der Waals surface area contributed by atoms with Gasteiger partial charge in [-0.05, 0) is 48.4 Å². The molecule has 0 saturated heterocycles. The number of carbonyl (C=O) groups is 2. The predicted molar refractivity (Wildman–Crippen MR) is 122 cm³/mol. The lowest BCUT2D eigenvalue weighted by Crippen LogP contribution is -2.36. The van der Waals surface area contributed by atoms with Crippen molar-refractivity contribution in [1.29, 1.82) is 0 Å². The number of hydrogen-bond acceptors (Lipinski definition) is 2. The zero-order valence-corrected chi connectivity index (χ0v) is 20.3. The monoisotopic (exact) mass is 578 g/mol. The van der Waals surface area contributed by atoms with Crippen molar-refractivity contribution in [1.82, 2.24) is 5.32 Å². The zero-order valence-electron chi connectivity index (χ0n) is 18.0. The summed E-state index contributed by atoms with van der Waals surface area (Å²) < 4.78 is 93.7. The quantitative estimate of drug-likeness (QED) is 0.269. The largest absolute Gasteiger partial charge is 0.405 e. The van der Waals surface area contributed by atoms with E-state index in [-0.39, 0.29) is 32.3 Å². The van der Waals surface area contributed by atoms with E-state index in [1.807, 2.05) is 0 Å². The maximum Gasteiger partial charge on any atom is 0.405 e. The van der Waals surface area contributed by atoms with Crippen LogP contribution in [0.3, 0.4) is 0 Å². The Morgan fingerprint density at radius 1 is 1.03 bits per heavy atom. The van der Waals surface area contributed by atoms with Gasteiger partial charge in [-0.15, -0.1) is 0 Å². The standard InChI is InChI=1S/C22H16Cl3F7N2O2/c1-9(20(36)34-8-21(27,28)29)13-4-10(2-3-12(13)19(33)35)17(26)7-14(22(30,31)32)11-5-15(23)18(25)16(24)6-11/h2-7,9,14H,8H2,1H3,(H2,33,35)(H,34,36)/b17-7-/t9-,14?/m1/s1. The van der Waals surface area contributed by atoms with E-state index >= 15 is 4.39 Å². The van der Waals surface area contributed by atoms with Gasteiger partial charge in [-0.25, -0.2) is 4.39 Å². The number of alkyl halides is 6. The minimum atomic E-state index is -5.00. The van der Waals surface area contributed by atoms with Crippen LogP contribution in [0.4, 0.5) is 30.7 Å². The number of nitrogens with one attached hydrogen (secondary N) is 1. The van der Waals surface area contributed by atoms with Crippen LogP contribution in [0.15, 0.2) is 36.4 Å². The van der Waals surface area contributed by atoms with Gasteiger partial charge in [-0.3, -0.25) is 9.59 Å². The van der Waals surface area contributed by atoms with Crippen LogP contribution in [0.5, 0.6) is 0 Å². The van der Waals surface area contributed by atoms with Gasteiger partial charge in [-0.2, -0.15) is 26.3 Å². The van der Waals surface area contributed by atoms with E-state index < -0.39 is 59.5 Å². The first-order valence-corrected chi connectivity index (χ1v) is 10.9. The van der Waals surface area contributed by atoms with Crippen molar-refractivity contribution in [2.75, 3.05) is 6.54 Å². The van der Waals surface area contributed by atoms with Crippen molar-refractivity contribution < 1.29 is 40.3 Å². The summed E-state index contributed by atoms with van der Waals surface area (Å²) in [7, 11) is 0. The van der Waals surface area contributed by atoms with Crippen molar-refractivity contribution in [3.05, 3.63) is 73.7 Å². The SMILES string of the molecule is C[C@@H](C(=O)NCC(F)(F)F)c1cc(/C(F)=C/C(c2cc(Cl)c(Cl)c(Cl)c2)C(F)(F)F)ccc1C(N)=O. The summed E-state index contributed by atoms with van der Waals surface area (Å²) in [5.41, 5.74) is 3.60.